The van der Waals surface area contributed by atoms with Crippen LogP contribution >= 0.6 is 0 Å². The van der Waals surface area contributed by atoms with Gasteiger partial charge in [0.2, 0.25) is 0 Å². The molecule has 0 bridgehead atoms. The number of nitrogens with two attached hydrogens (primary N) is 1. The van der Waals surface area contributed by atoms with Gasteiger partial charge in [0, 0.05) is 20.2 Å². The lowest BCUT2D eigenvalue weighted by atomic mass is 10.2. The number of hydrogen-bond donors (Lipinski definition) is 1. The van der Waals surface area contributed by atoms with E-state index in [1.807, 2.05) is 11.9 Å². The summed E-state index contributed by atoms with van der Waals surface area (Å²) in [6.45, 7) is 2.10. The number of carbonyl (C=O) groups is 1. The van der Waals surface area contributed by atoms with Crippen LogP contribution in [0, 0.1) is 5.92 Å². The molecule has 1 heterocycles. The van der Waals surface area contributed by atoms with E-state index in [1.54, 1.807) is 6.07 Å². The summed E-state index contributed by atoms with van der Waals surface area (Å²) in [4.78, 5) is 17.8. The summed E-state index contributed by atoms with van der Waals surface area (Å²) in [7, 11) is 3.21. The number of rotatable bonds is 7. The van der Waals surface area contributed by atoms with Gasteiger partial charge in [0.05, 0.1) is 25.6 Å². The number of hydrogen-bond acceptors (Lipinski definition) is 6. The van der Waals surface area contributed by atoms with Gasteiger partial charge >= 0.3 is 5.97 Å². The highest BCUT2D eigenvalue weighted by atomic mass is 16.5. The molecule has 2 N–H and O–H groups in total. The van der Waals surface area contributed by atoms with Gasteiger partial charge in [-0.05, 0) is 24.8 Å². The quantitative estimate of drug-likeness (QED) is 0.599. The van der Waals surface area contributed by atoms with E-state index in [2.05, 4.69) is 4.98 Å². The Hall–Kier alpha value is -1.82. The third-order valence-electron chi connectivity index (χ3n) is 3.28. The molecule has 0 spiro atoms. The maximum atomic E-state index is 11.7. The van der Waals surface area contributed by atoms with Crippen molar-refractivity contribution in [2.75, 3.05) is 44.5 Å². The minimum Gasteiger partial charge on any atom is -0.465 e. The molecule has 0 atom stereocenters. The molecule has 110 valence electrons. The van der Waals surface area contributed by atoms with Crippen molar-refractivity contribution in [1.82, 2.24) is 4.98 Å². The molecular formula is C14H21N3O3. The Bertz CT molecular complexity index is 475. The van der Waals surface area contributed by atoms with Crippen molar-refractivity contribution in [3.8, 4) is 0 Å². The summed E-state index contributed by atoms with van der Waals surface area (Å²) in [5.74, 6) is 0.868. The molecular weight excluding hydrogens is 258 g/mol. The Balaban J connectivity index is 1.96. The van der Waals surface area contributed by atoms with Gasteiger partial charge in [0.15, 0.2) is 0 Å². The van der Waals surface area contributed by atoms with Crippen molar-refractivity contribution >= 4 is 17.5 Å². The molecule has 1 fully saturated rings. The second kappa shape index (κ2) is 6.56. The first-order valence-electron chi connectivity index (χ1n) is 6.74. The van der Waals surface area contributed by atoms with E-state index in [9.17, 15) is 4.79 Å². The highest BCUT2D eigenvalue weighted by molar-refractivity contribution is 5.95. The largest absolute Gasteiger partial charge is 0.465 e. The number of methoxy groups -OCH3 is 1. The van der Waals surface area contributed by atoms with Crippen LogP contribution in [0.25, 0.3) is 0 Å². The first-order valence-corrected chi connectivity index (χ1v) is 6.74. The third kappa shape index (κ3) is 3.84. The monoisotopic (exact) mass is 279 g/mol. The number of aromatic nitrogens is 1. The van der Waals surface area contributed by atoms with E-state index < -0.39 is 5.97 Å². The molecule has 0 aliphatic heterocycles. The Morgan fingerprint density at radius 2 is 2.30 bits per heavy atom. The number of carbonyl (C=O) groups excluding carboxylic acids is 1. The molecule has 1 aliphatic rings. The molecule has 1 aromatic rings. The van der Waals surface area contributed by atoms with E-state index >= 15 is 0 Å². The van der Waals surface area contributed by atoms with Crippen molar-refractivity contribution in [3.63, 3.8) is 0 Å². The maximum Gasteiger partial charge on any atom is 0.341 e. The Labute approximate surface area is 118 Å². The average molecular weight is 279 g/mol. The fourth-order valence-electron chi connectivity index (χ4n) is 1.88. The number of anilines is 2. The van der Waals surface area contributed by atoms with Crippen LogP contribution in [0.2, 0.25) is 0 Å². The number of esters is 1. The lowest BCUT2D eigenvalue weighted by Gasteiger charge is -2.20. The highest BCUT2D eigenvalue weighted by Crippen LogP contribution is 2.28. The molecule has 1 aromatic heterocycles. The smallest absolute Gasteiger partial charge is 0.341 e. The van der Waals surface area contributed by atoms with Gasteiger partial charge in [0.25, 0.3) is 0 Å². The van der Waals surface area contributed by atoms with Gasteiger partial charge in [-0.3, -0.25) is 0 Å². The van der Waals surface area contributed by atoms with Gasteiger partial charge in [-0.1, -0.05) is 0 Å². The lowest BCUT2D eigenvalue weighted by Crippen LogP contribution is -2.26. The Kier molecular flexibility index (Phi) is 4.79. The van der Waals surface area contributed by atoms with E-state index in [1.165, 1.54) is 26.1 Å². The molecule has 6 heteroatoms. The summed E-state index contributed by atoms with van der Waals surface area (Å²) in [6.07, 6.45) is 4.09. The minimum absolute atomic E-state index is 0.372. The lowest BCUT2D eigenvalue weighted by molar-refractivity contribution is 0.0601. The minimum atomic E-state index is -0.439. The summed E-state index contributed by atoms with van der Waals surface area (Å²) in [5.41, 5.74) is 6.48. The maximum absolute atomic E-state index is 11.7. The standard InChI is InChI=1S/C14H21N3O3/c1-17(5-6-20-9-10-3-4-10)13-12(14(18)19-2)7-11(15)8-16-13/h7-8,10H,3-6,9,15H2,1-2H3. The Morgan fingerprint density at radius 3 is 2.95 bits per heavy atom. The first-order chi connectivity index (χ1) is 9.61. The average Bonchev–Trinajstić information content (AvgIpc) is 3.26. The van der Waals surface area contributed by atoms with Crippen LogP contribution in [-0.4, -0.2) is 44.9 Å². The summed E-state index contributed by atoms with van der Waals surface area (Å²) >= 11 is 0. The number of ether oxygens (including phenoxy) is 2. The fourth-order valence-corrected chi connectivity index (χ4v) is 1.88. The third-order valence-corrected chi connectivity index (χ3v) is 3.28. The summed E-state index contributed by atoms with van der Waals surface area (Å²) < 4.78 is 10.3. The zero-order valence-corrected chi connectivity index (χ0v) is 12.0. The Morgan fingerprint density at radius 1 is 1.55 bits per heavy atom. The van der Waals surface area contributed by atoms with Crippen LogP contribution in [0.4, 0.5) is 11.5 Å². The molecule has 0 amide bonds. The summed E-state index contributed by atoms with van der Waals surface area (Å²) in [5, 5.41) is 0. The highest BCUT2D eigenvalue weighted by Gasteiger charge is 2.21. The molecule has 0 saturated heterocycles. The van der Waals surface area contributed by atoms with E-state index in [-0.39, 0.29) is 0 Å². The van der Waals surface area contributed by atoms with E-state index in [4.69, 9.17) is 15.2 Å². The predicted octanol–water partition coefficient (Wildman–Crippen LogP) is 1.31. The van der Waals surface area contributed by atoms with Crippen molar-refractivity contribution in [2.45, 2.75) is 12.8 Å². The van der Waals surface area contributed by atoms with E-state index in [0.29, 0.717) is 30.2 Å². The van der Waals surface area contributed by atoms with Crippen molar-refractivity contribution in [2.24, 2.45) is 5.92 Å². The zero-order valence-electron chi connectivity index (χ0n) is 12.0. The molecule has 1 aliphatic carbocycles. The van der Waals surface area contributed by atoms with Crippen LogP contribution in [0.3, 0.4) is 0 Å². The topological polar surface area (TPSA) is 77.7 Å². The van der Waals surface area contributed by atoms with Gasteiger partial charge in [-0.25, -0.2) is 9.78 Å². The molecule has 0 unspecified atom stereocenters. The van der Waals surface area contributed by atoms with E-state index in [0.717, 1.165) is 12.5 Å². The number of nitrogen functional groups attached to an aromatic ring is 1. The fraction of sp³-hybridized carbons (Fsp3) is 0.571. The molecule has 6 nitrogen and oxygen atoms in total. The van der Waals surface area contributed by atoms with Crippen LogP contribution in [0.15, 0.2) is 12.3 Å². The second-order valence-corrected chi connectivity index (χ2v) is 5.07. The van der Waals surface area contributed by atoms with Crippen LogP contribution in [0.1, 0.15) is 23.2 Å². The molecule has 0 radical (unpaired) electrons. The van der Waals surface area contributed by atoms with Crippen LogP contribution in [0.5, 0.6) is 0 Å². The molecule has 2 rings (SSSR count). The van der Waals surface area contributed by atoms with Gasteiger partial charge < -0.3 is 20.1 Å². The number of pyridine rings is 1. The van der Waals surface area contributed by atoms with Crippen LogP contribution in [-0.2, 0) is 9.47 Å². The predicted molar refractivity (Wildman–Crippen MR) is 76.8 cm³/mol. The summed E-state index contributed by atoms with van der Waals surface area (Å²) in [6, 6.07) is 1.58. The van der Waals surface area contributed by atoms with Crippen LogP contribution < -0.4 is 10.6 Å². The second-order valence-electron chi connectivity index (χ2n) is 5.07. The first kappa shape index (κ1) is 14.6. The molecule has 1 saturated carbocycles. The van der Waals surface area contributed by atoms with Crippen molar-refractivity contribution < 1.29 is 14.3 Å². The normalized spacial score (nSPS) is 14.1. The number of nitrogens with zero attached hydrogens (tertiary/aromatic N) is 2. The van der Waals surface area contributed by atoms with Crippen molar-refractivity contribution in [3.05, 3.63) is 17.8 Å². The number of likely N-dealkylation sites (N-methyl/N-ethyl adjacent to an activating group) is 1. The molecule has 20 heavy (non-hydrogen) atoms. The van der Waals surface area contributed by atoms with Gasteiger partial charge in [-0.15, -0.1) is 0 Å². The van der Waals surface area contributed by atoms with Gasteiger partial charge in [0.1, 0.15) is 11.4 Å². The molecule has 0 aromatic carbocycles. The SMILES string of the molecule is COC(=O)c1cc(N)cnc1N(C)CCOCC1CC1. The van der Waals surface area contributed by atoms with Crippen molar-refractivity contribution in [1.29, 1.82) is 0 Å². The van der Waals surface area contributed by atoms with Gasteiger partial charge in [-0.2, -0.15) is 0 Å². The zero-order chi connectivity index (χ0) is 14.5.